The van der Waals surface area contributed by atoms with Crippen LogP contribution in [0.25, 0.3) is 0 Å². The van der Waals surface area contributed by atoms with Crippen molar-refractivity contribution < 1.29 is 4.74 Å². The zero-order valence-corrected chi connectivity index (χ0v) is 11.3. The van der Waals surface area contributed by atoms with Gasteiger partial charge in [-0.3, -0.25) is 4.98 Å². The van der Waals surface area contributed by atoms with Gasteiger partial charge in [-0.2, -0.15) is 0 Å². The summed E-state index contributed by atoms with van der Waals surface area (Å²) in [6.45, 7) is 3.36. The van der Waals surface area contributed by atoms with Gasteiger partial charge in [0.15, 0.2) is 0 Å². The van der Waals surface area contributed by atoms with Gasteiger partial charge in [-0.1, -0.05) is 18.2 Å². The van der Waals surface area contributed by atoms with Gasteiger partial charge < -0.3 is 10.5 Å². The van der Waals surface area contributed by atoms with E-state index < -0.39 is 0 Å². The van der Waals surface area contributed by atoms with Crippen LogP contribution in [0.15, 0.2) is 48.8 Å². The molecule has 0 fully saturated rings. The van der Waals surface area contributed by atoms with Gasteiger partial charge in [0.25, 0.3) is 0 Å². The summed E-state index contributed by atoms with van der Waals surface area (Å²) in [4.78, 5) is 4.05. The minimum Gasteiger partial charge on any atom is -0.493 e. The zero-order valence-electron chi connectivity index (χ0n) is 11.3. The fourth-order valence-electron chi connectivity index (χ4n) is 2.09. The quantitative estimate of drug-likeness (QED) is 0.864. The Morgan fingerprint density at radius 1 is 1.16 bits per heavy atom. The maximum atomic E-state index is 5.93. The topological polar surface area (TPSA) is 48.1 Å². The van der Waals surface area contributed by atoms with Crippen molar-refractivity contribution in [3.05, 3.63) is 59.9 Å². The monoisotopic (exact) mass is 256 g/mol. The van der Waals surface area contributed by atoms with Crippen LogP contribution in [0.5, 0.6) is 5.75 Å². The fourth-order valence-corrected chi connectivity index (χ4v) is 2.09. The molecular formula is C16H20N2O. The molecule has 1 heterocycles. The molecule has 0 saturated carbocycles. The third-order valence-electron chi connectivity index (χ3n) is 3.23. The van der Waals surface area contributed by atoms with Crippen LogP contribution in [0, 0.1) is 6.92 Å². The van der Waals surface area contributed by atoms with E-state index >= 15 is 0 Å². The highest BCUT2D eigenvalue weighted by molar-refractivity contribution is 5.32. The smallest absolute Gasteiger partial charge is 0.122 e. The van der Waals surface area contributed by atoms with E-state index in [0.717, 1.165) is 17.7 Å². The van der Waals surface area contributed by atoms with Crippen molar-refractivity contribution in [2.45, 2.75) is 19.3 Å². The van der Waals surface area contributed by atoms with Gasteiger partial charge in [0.2, 0.25) is 0 Å². The molecule has 2 rings (SSSR count). The first-order chi connectivity index (χ1) is 9.31. The molecule has 0 saturated heterocycles. The van der Waals surface area contributed by atoms with Crippen molar-refractivity contribution in [1.29, 1.82) is 0 Å². The number of nitrogens with zero attached hydrogens (tertiary/aromatic N) is 1. The van der Waals surface area contributed by atoms with Crippen molar-refractivity contribution >= 4 is 0 Å². The Morgan fingerprint density at radius 2 is 1.89 bits per heavy atom. The summed E-state index contributed by atoms with van der Waals surface area (Å²) in [6.07, 6.45) is 4.54. The predicted octanol–water partition coefficient (Wildman–Crippen LogP) is 2.90. The summed E-state index contributed by atoms with van der Waals surface area (Å²) in [5.74, 6) is 1.26. The van der Waals surface area contributed by atoms with Crippen LogP contribution in [-0.2, 0) is 0 Å². The molecule has 0 spiro atoms. The van der Waals surface area contributed by atoms with Crippen LogP contribution in [0.1, 0.15) is 23.5 Å². The molecule has 1 aromatic carbocycles. The molecule has 0 bridgehead atoms. The van der Waals surface area contributed by atoms with Gasteiger partial charge in [0.05, 0.1) is 6.61 Å². The Labute approximate surface area is 114 Å². The number of pyridine rings is 1. The fraction of sp³-hybridized carbons (Fsp3) is 0.312. The first-order valence-corrected chi connectivity index (χ1v) is 6.59. The number of aromatic nitrogens is 1. The van der Waals surface area contributed by atoms with Crippen molar-refractivity contribution in [1.82, 2.24) is 4.98 Å². The molecule has 0 aliphatic carbocycles. The number of aryl methyl sites for hydroxylation is 1. The number of para-hydroxylation sites is 1. The average molecular weight is 256 g/mol. The third kappa shape index (κ3) is 3.80. The Kier molecular flexibility index (Phi) is 4.93. The number of hydrogen-bond acceptors (Lipinski definition) is 3. The zero-order chi connectivity index (χ0) is 13.5. The molecule has 0 aliphatic rings. The van der Waals surface area contributed by atoms with Crippen LogP contribution in [-0.4, -0.2) is 18.1 Å². The Balaban J connectivity index is 2.04. The van der Waals surface area contributed by atoms with Gasteiger partial charge in [-0.15, -0.1) is 0 Å². The molecule has 3 nitrogen and oxygen atoms in total. The number of hydrogen-bond donors (Lipinski definition) is 1. The summed E-state index contributed by atoms with van der Waals surface area (Å²) in [5.41, 5.74) is 8.08. The maximum Gasteiger partial charge on any atom is 0.122 e. The van der Waals surface area contributed by atoms with Gasteiger partial charge in [0.1, 0.15) is 5.75 Å². The second-order valence-corrected chi connectivity index (χ2v) is 4.63. The lowest BCUT2D eigenvalue weighted by molar-refractivity contribution is 0.281. The SMILES string of the molecule is Cc1ccccc1OCC(CCN)c1ccncc1. The van der Waals surface area contributed by atoms with Crippen LogP contribution in [0.2, 0.25) is 0 Å². The number of benzene rings is 1. The van der Waals surface area contributed by atoms with Crippen LogP contribution in [0.3, 0.4) is 0 Å². The molecule has 3 heteroatoms. The number of nitrogens with two attached hydrogens (primary N) is 1. The Morgan fingerprint density at radius 3 is 2.58 bits per heavy atom. The largest absolute Gasteiger partial charge is 0.493 e. The van der Waals surface area contributed by atoms with Crippen molar-refractivity contribution in [2.75, 3.05) is 13.2 Å². The molecular weight excluding hydrogens is 236 g/mol. The summed E-state index contributed by atoms with van der Waals surface area (Å²) in [5, 5.41) is 0. The van der Waals surface area contributed by atoms with E-state index in [1.54, 1.807) is 0 Å². The van der Waals surface area contributed by atoms with E-state index in [9.17, 15) is 0 Å². The van der Waals surface area contributed by atoms with E-state index in [1.807, 2.05) is 42.7 Å². The molecule has 1 atom stereocenters. The minimum absolute atomic E-state index is 0.313. The van der Waals surface area contributed by atoms with Crippen LogP contribution >= 0.6 is 0 Å². The van der Waals surface area contributed by atoms with Crippen molar-refractivity contribution in [2.24, 2.45) is 5.73 Å². The molecule has 0 radical (unpaired) electrons. The van der Waals surface area contributed by atoms with E-state index in [2.05, 4.69) is 18.0 Å². The highest BCUT2D eigenvalue weighted by Gasteiger charge is 2.12. The molecule has 19 heavy (non-hydrogen) atoms. The maximum absolute atomic E-state index is 5.93. The van der Waals surface area contributed by atoms with Crippen molar-refractivity contribution in [3.63, 3.8) is 0 Å². The number of ether oxygens (including phenoxy) is 1. The molecule has 2 aromatic rings. The normalized spacial score (nSPS) is 12.1. The molecule has 1 aromatic heterocycles. The first-order valence-electron chi connectivity index (χ1n) is 6.59. The van der Waals surface area contributed by atoms with Crippen molar-refractivity contribution in [3.8, 4) is 5.75 Å². The summed E-state index contributed by atoms with van der Waals surface area (Å²) >= 11 is 0. The van der Waals surface area contributed by atoms with Gasteiger partial charge in [-0.05, 0) is 49.2 Å². The molecule has 100 valence electrons. The minimum atomic E-state index is 0.313. The summed E-state index contributed by atoms with van der Waals surface area (Å²) in [6, 6.07) is 12.1. The highest BCUT2D eigenvalue weighted by atomic mass is 16.5. The van der Waals surface area contributed by atoms with Gasteiger partial charge in [-0.25, -0.2) is 0 Å². The second-order valence-electron chi connectivity index (χ2n) is 4.63. The third-order valence-corrected chi connectivity index (χ3v) is 3.23. The first kappa shape index (κ1) is 13.6. The molecule has 0 amide bonds. The highest BCUT2D eigenvalue weighted by Crippen LogP contribution is 2.22. The average Bonchev–Trinajstić information content (AvgIpc) is 2.46. The van der Waals surface area contributed by atoms with Gasteiger partial charge in [0, 0.05) is 18.3 Å². The number of rotatable bonds is 6. The van der Waals surface area contributed by atoms with E-state index in [-0.39, 0.29) is 0 Å². The predicted molar refractivity (Wildman–Crippen MR) is 77.3 cm³/mol. The lowest BCUT2D eigenvalue weighted by Crippen LogP contribution is -2.15. The lowest BCUT2D eigenvalue weighted by atomic mass is 9.98. The molecule has 0 aliphatic heterocycles. The lowest BCUT2D eigenvalue weighted by Gasteiger charge is -2.18. The van der Waals surface area contributed by atoms with E-state index in [0.29, 0.717) is 19.1 Å². The second kappa shape index (κ2) is 6.90. The van der Waals surface area contributed by atoms with Gasteiger partial charge >= 0.3 is 0 Å². The molecule has 2 N–H and O–H groups in total. The Bertz CT molecular complexity index is 499. The van der Waals surface area contributed by atoms with E-state index in [4.69, 9.17) is 10.5 Å². The van der Waals surface area contributed by atoms with Crippen LogP contribution < -0.4 is 10.5 Å². The van der Waals surface area contributed by atoms with Crippen LogP contribution in [0.4, 0.5) is 0 Å². The Hall–Kier alpha value is -1.87. The summed E-state index contributed by atoms with van der Waals surface area (Å²) in [7, 11) is 0. The summed E-state index contributed by atoms with van der Waals surface area (Å²) < 4.78 is 5.93. The standard InChI is InChI=1S/C16H20N2O/c1-13-4-2-3-5-16(13)19-12-15(6-9-17)14-7-10-18-11-8-14/h2-5,7-8,10-11,15H,6,9,12,17H2,1H3. The van der Waals surface area contributed by atoms with E-state index in [1.165, 1.54) is 5.56 Å². The molecule has 1 unspecified atom stereocenters.